The molecule has 0 aliphatic carbocycles. The molecule has 0 unspecified atom stereocenters. The molecule has 0 bridgehead atoms. The van der Waals surface area contributed by atoms with Gasteiger partial charge in [0.15, 0.2) is 0 Å². The van der Waals surface area contributed by atoms with Crippen molar-refractivity contribution in [1.82, 2.24) is 19.6 Å². The van der Waals surface area contributed by atoms with Crippen molar-refractivity contribution in [2.45, 2.75) is 0 Å². The number of hydrogen-bond acceptors (Lipinski definition) is 5. The highest BCUT2D eigenvalue weighted by Crippen LogP contribution is 2.24. The van der Waals surface area contributed by atoms with E-state index in [9.17, 15) is 4.79 Å². The molecule has 0 fully saturated rings. The molecule has 2 aromatic heterocycles. The standard InChI is InChI=1S/C16H11N5OS/c22-15(19-16-17-11-8-4-5-9-12(11)18-16)14-13(20-21-23-14)10-6-2-1-3-7-10/h1-9H,(H2,17,18,19,22). The Balaban J connectivity index is 1.64. The van der Waals surface area contributed by atoms with Gasteiger partial charge < -0.3 is 4.98 Å². The van der Waals surface area contributed by atoms with E-state index >= 15 is 0 Å². The first-order valence-electron chi connectivity index (χ1n) is 6.95. The van der Waals surface area contributed by atoms with Crippen molar-refractivity contribution in [3.05, 3.63) is 59.5 Å². The van der Waals surface area contributed by atoms with Gasteiger partial charge in [-0.2, -0.15) is 0 Å². The number of nitrogens with one attached hydrogen (secondary N) is 2. The summed E-state index contributed by atoms with van der Waals surface area (Å²) in [4.78, 5) is 20.4. The predicted molar refractivity (Wildman–Crippen MR) is 89.4 cm³/mol. The number of carbonyl (C=O) groups is 1. The molecule has 0 saturated heterocycles. The van der Waals surface area contributed by atoms with E-state index in [0.717, 1.165) is 28.1 Å². The first-order chi connectivity index (χ1) is 11.3. The summed E-state index contributed by atoms with van der Waals surface area (Å²) in [6, 6.07) is 17.1. The fourth-order valence-corrected chi connectivity index (χ4v) is 2.88. The Morgan fingerprint density at radius 2 is 1.83 bits per heavy atom. The lowest BCUT2D eigenvalue weighted by Crippen LogP contribution is -2.12. The number of hydrogen-bond donors (Lipinski definition) is 2. The Labute approximate surface area is 135 Å². The smallest absolute Gasteiger partial charge is 0.272 e. The zero-order valence-corrected chi connectivity index (χ0v) is 12.7. The molecule has 0 radical (unpaired) electrons. The zero-order valence-electron chi connectivity index (χ0n) is 11.9. The van der Waals surface area contributed by atoms with Gasteiger partial charge in [0.1, 0.15) is 10.6 Å². The monoisotopic (exact) mass is 321 g/mol. The molecule has 1 amide bonds. The third-order valence-electron chi connectivity index (χ3n) is 3.36. The molecule has 4 rings (SSSR count). The number of amides is 1. The van der Waals surface area contributed by atoms with E-state index in [0.29, 0.717) is 16.5 Å². The SMILES string of the molecule is O=C(Nc1nc2ccccc2[nH]1)c1snnc1-c1ccccc1. The Morgan fingerprint density at radius 3 is 2.65 bits per heavy atom. The minimum atomic E-state index is -0.280. The molecule has 112 valence electrons. The quantitative estimate of drug-likeness (QED) is 0.606. The van der Waals surface area contributed by atoms with Crippen LogP contribution in [0, 0.1) is 0 Å². The number of fused-ring (bicyclic) bond motifs is 1. The Hall–Kier alpha value is -3.06. The van der Waals surface area contributed by atoms with Crippen LogP contribution in [0.4, 0.5) is 5.95 Å². The van der Waals surface area contributed by atoms with Gasteiger partial charge in [-0.1, -0.05) is 47.0 Å². The Bertz CT molecular complexity index is 943. The van der Waals surface area contributed by atoms with Gasteiger partial charge in [-0.25, -0.2) is 4.98 Å². The van der Waals surface area contributed by atoms with Crippen molar-refractivity contribution in [3.8, 4) is 11.3 Å². The highest BCUT2D eigenvalue weighted by atomic mass is 32.1. The van der Waals surface area contributed by atoms with Crippen LogP contribution < -0.4 is 5.32 Å². The second kappa shape index (κ2) is 5.62. The number of aromatic amines is 1. The van der Waals surface area contributed by atoms with Gasteiger partial charge >= 0.3 is 0 Å². The normalized spacial score (nSPS) is 10.8. The van der Waals surface area contributed by atoms with Crippen LogP contribution in [0.15, 0.2) is 54.6 Å². The first-order valence-corrected chi connectivity index (χ1v) is 7.72. The maximum Gasteiger partial charge on any atom is 0.272 e. The molecule has 0 spiro atoms. The average molecular weight is 321 g/mol. The molecule has 2 heterocycles. The second-order valence-electron chi connectivity index (χ2n) is 4.87. The topological polar surface area (TPSA) is 83.6 Å². The number of anilines is 1. The van der Waals surface area contributed by atoms with Crippen molar-refractivity contribution >= 4 is 34.4 Å². The number of H-pyrrole nitrogens is 1. The van der Waals surface area contributed by atoms with Crippen LogP contribution in [0.3, 0.4) is 0 Å². The van der Waals surface area contributed by atoms with Crippen LogP contribution >= 0.6 is 11.5 Å². The summed E-state index contributed by atoms with van der Waals surface area (Å²) in [5.74, 6) is 0.126. The lowest BCUT2D eigenvalue weighted by Gasteiger charge is -2.01. The maximum atomic E-state index is 12.5. The van der Waals surface area contributed by atoms with Gasteiger partial charge in [0.25, 0.3) is 5.91 Å². The van der Waals surface area contributed by atoms with E-state index in [1.807, 2.05) is 54.6 Å². The van der Waals surface area contributed by atoms with Crippen LogP contribution in [0.2, 0.25) is 0 Å². The molecule has 2 aromatic carbocycles. The molecule has 0 aliphatic heterocycles. The van der Waals surface area contributed by atoms with Crippen molar-refractivity contribution in [3.63, 3.8) is 0 Å². The number of para-hydroxylation sites is 2. The van der Waals surface area contributed by atoms with Crippen LogP contribution in [-0.2, 0) is 0 Å². The summed E-state index contributed by atoms with van der Waals surface area (Å²) in [5.41, 5.74) is 3.10. The molecule has 4 aromatic rings. The molecule has 6 nitrogen and oxygen atoms in total. The molecule has 23 heavy (non-hydrogen) atoms. The van der Waals surface area contributed by atoms with Crippen LogP contribution in [0.25, 0.3) is 22.3 Å². The number of rotatable bonds is 3. The van der Waals surface area contributed by atoms with Crippen molar-refractivity contribution < 1.29 is 4.79 Å². The lowest BCUT2D eigenvalue weighted by molar-refractivity contribution is 0.103. The Kier molecular flexibility index (Phi) is 3.32. The third kappa shape index (κ3) is 2.58. The molecular weight excluding hydrogens is 310 g/mol. The van der Waals surface area contributed by atoms with Gasteiger partial charge in [0.05, 0.1) is 11.0 Å². The van der Waals surface area contributed by atoms with Gasteiger partial charge in [0, 0.05) is 5.56 Å². The van der Waals surface area contributed by atoms with Gasteiger partial charge in [-0.3, -0.25) is 10.1 Å². The largest absolute Gasteiger partial charge is 0.324 e. The second-order valence-corrected chi connectivity index (χ2v) is 5.63. The fourth-order valence-electron chi connectivity index (χ4n) is 2.30. The van der Waals surface area contributed by atoms with E-state index in [4.69, 9.17) is 0 Å². The highest BCUT2D eigenvalue weighted by molar-refractivity contribution is 7.08. The number of carbonyl (C=O) groups excluding carboxylic acids is 1. The third-order valence-corrected chi connectivity index (χ3v) is 4.09. The number of imidazole rings is 1. The molecule has 0 saturated carbocycles. The highest BCUT2D eigenvalue weighted by Gasteiger charge is 2.18. The first kappa shape index (κ1) is 13.6. The summed E-state index contributed by atoms with van der Waals surface area (Å²) in [6.07, 6.45) is 0. The summed E-state index contributed by atoms with van der Waals surface area (Å²) in [7, 11) is 0. The molecule has 0 atom stereocenters. The average Bonchev–Trinajstić information content (AvgIpc) is 3.22. The fraction of sp³-hybridized carbons (Fsp3) is 0. The van der Waals surface area contributed by atoms with Crippen LogP contribution in [0.1, 0.15) is 9.67 Å². The summed E-state index contributed by atoms with van der Waals surface area (Å²) in [6.45, 7) is 0. The van der Waals surface area contributed by atoms with Gasteiger partial charge in [-0.05, 0) is 23.7 Å². The van der Waals surface area contributed by atoms with E-state index < -0.39 is 0 Å². The van der Waals surface area contributed by atoms with Crippen molar-refractivity contribution in [2.24, 2.45) is 0 Å². The number of benzene rings is 2. The van der Waals surface area contributed by atoms with Crippen molar-refractivity contribution in [2.75, 3.05) is 5.32 Å². The van der Waals surface area contributed by atoms with E-state index in [1.54, 1.807) is 0 Å². The minimum Gasteiger partial charge on any atom is -0.324 e. The minimum absolute atomic E-state index is 0.280. The maximum absolute atomic E-state index is 12.5. The molecule has 7 heteroatoms. The van der Waals surface area contributed by atoms with E-state index in [-0.39, 0.29) is 5.91 Å². The van der Waals surface area contributed by atoms with Gasteiger partial charge in [-0.15, -0.1) is 5.10 Å². The summed E-state index contributed by atoms with van der Waals surface area (Å²) < 4.78 is 3.90. The zero-order chi connectivity index (χ0) is 15.6. The number of aromatic nitrogens is 4. The van der Waals surface area contributed by atoms with E-state index in [2.05, 4.69) is 24.9 Å². The molecule has 2 N–H and O–H groups in total. The molecular formula is C16H11N5OS. The number of nitrogens with zero attached hydrogens (tertiary/aromatic N) is 3. The lowest BCUT2D eigenvalue weighted by atomic mass is 10.1. The van der Waals surface area contributed by atoms with Crippen molar-refractivity contribution in [1.29, 1.82) is 0 Å². The van der Waals surface area contributed by atoms with E-state index in [1.165, 1.54) is 0 Å². The van der Waals surface area contributed by atoms with Crippen LogP contribution in [-0.4, -0.2) is 25.5 Å². The predicted octanol–water partition coefficient (Wildman–Crippen LogP) is 3.33. The van der Waals surface area contributed by atoms with Gasteiger partial charge in [0.2, 0.25) is 5.95 Å². The molecule has 0 aliphatic rings. The van der Waals surface area contributed by atoms with Crippen LogP contribution in [0.5, 0.6) is 0 Å². The Morgan fingerprint density at radius 1 is 1.04 bits per heavy atom. The summed E-state index contributed by atoms with van der Waals surface area (Å²) >= 11 is 1.06. The summed E-state index contributed by atoms with van der Waals surface area (Å²) in [5, 5.41) is 6.84.